The van der Waals surface area contributed by atoms with Crippen LogP contribution in [0.5, 0.6) is 0 Å². The van der Waals surface area contributed by atoms with Crippen LogP contribution in [0.25, 0.3) is 0 Å². The SMILES string of the molecule is CCOC(=O)C(F)=CC1CC1. The third-order valence-electron chi connectivity index (χ3n) is 1.47. The molecule has 0 radical (unpaired) electrons. The van der Waals surface area contributed by atoms with Crippen molar-refractivity contribution in [1.29, 1.82) is 0 Å². The van der Waals surface area contributed by atoms with Crippen molar-refractivity contribution < 1.29 is 13.9 Å². The molecule has 1 saturated carbocycles. The summed E-state index contributed by atoms with van der Waals surface area (Å²) < 4.78 is 17.1. The van der Waals surface area contributed by atoms with Crippen LogP contribution < -0.4 is 0 Å². The second-order valence-electron chi connectivity index (χ2n) is 2.57. The highest BCUT2D eigenvalue weighted by atomic mass is 19.1. The summed E-state index contributed by atoms with van der Waals surface area (Å²) in [6.45, 7) is 1.88. The normalized spacial score (nSPS) is 18.2. The van der Waals surface area contributed by atoms with E-state index in [1.165, 1.54) is 6.08 Å². The molecule has 0 aliphatic heterocycles. The average Bonchev–Trinajstić information content (AvgIpc) is 2.72. The number of esters is 1. The minimum atomic E-state index is -0.834. The fraction of sp³-hybridized carbons (Fsp3) is 0.625. The number of allylic oxidation sites excluding steroid dienone is 1. The lowest BCUT2D eigenvalue weighted by atomic mass is 10.3. The second kappa shape index (κ2) is 3.51. The van der Waals surface area contributed by atoms with Gasteiger partial charge in [-0.3, -0.25) is 0 Å². The molecule has 1 aliphatic carbocycles. The lowest BCUT2D eigenvalue weighted by Gasteiger charge is -1.96. The molecule has 0 aromatic heterocycles. The van der Waals surface area contributed by atoms with E-state index < -0.39 is 11.8 Å². The molecular formula is C8H11FO2. The van der Waals surface area contributed by atoms with E-state index in [1.807, 2.05) is 0 Å². The number of carbonyl (C=O) groups excluding carboxylic acids is 1. The predicted molar refractivity (Wildman–Crippen MR) is 38.5 cm³/mol. The van der Waals surface area contributed by atoms with Crippen molar-refractivity contribution in [3.63, 3.8) is 0 Å². The summed E-state index contributed by atoms with van der Waals surface area (Å²) in [7, 11) is 0. The Morgan fingerprint density at radius 3 is 2.82 bits per heavy atom. The van der Waals surface area contributed by atoms with Crippen LogP contribution >= 0.6 is 0 Å². The quantitative estimate of drug-likeness (QED) is 0.462. The number of ether oxygens (including phenoxy) is 1. The minimum absolute atomic E-state index is 0.227. The van der Waals surface area contributed by atoms with Gasteiger partial charge in [0, 0.05) is 0 Å². The second-order valence-corrected chi connectivity index (χ2v) is 2.57. The Balaban J connectivity index is 2.37. The molecule has 0 heterocycles. The lowest BCUT2D eigenvalue weighted by Crippen LogP contribution is -2.04. The van der Waals surface area contributed by atoms with Crippen LogP contribution in [0.4, 0.5) is 4.39 Å². The highest BCUT2D eigenvalue weighted by Crippen LogP contribution is 2.31. The van der Waals surface area contributed by atoms with Gasteiger partial charge in [0.25, 0.3) is 0 Å². The van der Waals surface area contributed by atoms with Gasteiger partial charge in [0.2, 0.25) is 5.83 Å². The molecular weight excluding hydrogens is 147 g/mol. The van der Waals surface area contributed by atoms with Crippen LogP contribution in [-0.4, -0.2) is 12.6 Å². The Kier molecular flexibility index (Phi) is 2.63. The maximum absolute atomic E-state index is 12.7. The van der Waals surface area contributed by atoms with Crippen molar-refractivity contribution in [1.82, 2.24) is 0 Å². The highest BCUT2D eigenvalue weighted by Gasteiger charge is 2.22. The van der Waals surface area contributed by atoms with Crippen molar-refractivity contribution in [2.45, 2.75) is 19.8 Å². The van der Waals surface area contributed by atoms with E-state index in [2.05, 4.69) is 4.74 Å². The van der Waals surface area contributed by atoms with Gasteiger partial charge in [-0.05, 0) is 31.8 Å². The maximum Gasteiger partial charge on any atom is 0.366 e. The van der Waals surface area contributed by atoms with Gasteiger partial charge in [0.1, 0.15) is 0 Å². The van der Waals surface area contributed by atoms with E-state index in [0.29, 0.717) is 0 Å². The molecule has 0 saturated heterocycles. The molecule has 1 fully saturated rings. The molecule has 11 heavy (non-hydrogen) atoms. The molecule has 0 unspecified atom stereocenters. The van der Waals surface area contributed by atoms with Crippen LogP contribution in [0, 0.1) is 5.92 Å². The van der Waals surface area contributed by atoms with Gasteiger partial charge in [-0.2, -0.15) is 4.39 Å². The van der Waals surface area contributed by atoms with Crippen LogP contribution in [-0.2, 0) is 9.53 Å². The summed E-state index contributed by atoms with van der Waals surface area (Å²) in [6.07, 6.45) is 3.33. The fourth-order valence-electron chi connectivity index (χ4n) is 0.738. The summed E-state index contributed by atoms with van der Waals surface area (Å²) in [5, 5.41) is 0. The van der Waals surface area contributed by atoms with Crippen molar-refractivity contribution in [3.05, 3.63) is 11.9 Å². The monoisotopic (exact) mass is 158 g/mol. The van der Waals surface area contributed by atoms with Crippen LogP contribution in [0.2, 0.25) is 0 Å². The smallest absolute Gasteiger partial charge is 0.366 e. The molecule has 0 bridgehead atoms. The topological polar surface area (TPSA) is 26.3 Å². The zero-order valence-electron chi connectivity index (χ0n) is 6.47. The van der Waals surface area contributed by atoms with Crippen molar-refractivity contribution in [2.24, 2.45) is 5.92 Å². The zero-order chi connectivity index (χ0) is 8.27. The Hall–Kier alpha value is -0.860. The highest BCUT2D eigenvalue weighted by molar-refractivity contribution is 5.85. The molecule has 1 rings (SSSR count). The number of halogens is 1. The van der Waals surface area contributed by atoms with E-state index in [-0.39, 0.29) is 12.5 Å². The fourth-order valence-corrected chi connectivity index (χ4v) is 0.738. The number of hydrogen-bond acceptors (Lipinski definition) is 2. The summed E-state index contributed by atoms with van der Waals surface area (Å²) in [5.74, 6) is -1.30. The third-order valence-corrected chi connectivity index (χ3v) is 1.47. The molecule has 3 heteroatoms. The molecule has 0 amide bonds. The number of carbonyl (C=O) groups is 1. The molecule has 0 aromatic rings. The summed E-state index contributed by atoms with van der Waals surface area (Å²) in [6, 6.07) is 0. The average molecular weight is 158 g/mol. The maximum atomic E-state index is 12.7. The van der Waals surface area contributed by atoms with E-state index in [1.54, 1.807) is 6.92 Å². The van der Waals surface area contributed by atoms with Crippen LogP contribution in [0.15, 0.2) is 11.9 Å². The first-order chi connectivity index (χ1) is 5.24. The largest absolute Gasteiger partial charge is 0.461 e. The first kappa shape index (κ1) is 8.24. The molecule has 1 aliphatic rings. The van der Waals surface area contributed by atoms with Gasteiger partial charge in [0.15, 0.2) is 0 Å². The van der Waals surface area contributed by atoms with Gasteiger partial charge in [-0.15, -0.1) is 0 Å². The molecule has 0 atom stereocenters. The lowest BCUT2D eigenvalue weighted by molar-refractivity contribution is -0.140. The first-order valence-electron chi connectivity index (χ1n) is 3.78. The number of hydrogen-bond donors (Lipinski definition) is 0. The Morgan fingerprint density at radius 1 is 1.73 bits per heavy atom. The summed E-state index contributed by atoms with van der Waals surface area (Å²) in [5.41, 5.74) is 0. The Labute approximate surface area is 65.0 Å². The first-order valence-corrected chi connectivity index (χ1v) is 3.78. The van der Waals surface area contributed by atoms with Gasteiger partial charge in [-0.25, -0.2) is 4.79 Å². The molecule has 0 N–H and O–H groups in total. The van der Waals surface area contributed by atoms with Crippen LogP contribution in [0.3, 0.4) is 0 Å². The third kappa shape index (κ3) is 2.70. The number of rotatable bonds is 3. The van der Waals surface area contributed by atoms with E-state index in [0.717, 1.165) is 12.8 Å². The van der Waals surface area contributed by atoms with E-state index in [4.69, 9.17) is 0 Å². The van der Waals surface area contributed by atoms with Gasteiger partial charge in [-0.1, -0.05) is 0 Å². The molecule has 0 spiro atoms. The standard InChI is InChI=1S/C8H11FO2/c1-2-11-8(10)7(9)5-6-3-4-6/h5-6H,2-4H2,1H3. The van der Waals surface area contributed by atoms with E-state index >= 15 is 0 Å². The molecule has 62 valence electrons. The van der Waals surface area contributed by atoms with E-state index in [9.17, 15) is 9.18 Å². The van der Waals surface area contributed by atoms with Gasteiger partial charge < -0.3 is 4.74 Å². The summed E-state index contributed by atoms with van der Waals surface area (Å²) in [4.78, 5) is 10.6. The van der Waals surface area contributed by atoms with Crippen molar-refractivity contribution in [2.75, 3.05) is 6.61 Å². The minimum Gasteiger partial charge on any atom is -0.461 e. The van der Waals surface area contributed by atoms with Crippen molar-refractivity contribution >= 4 is 5.97 Å². The summed E-state index contributed by atoms with van der Waals surface area (Å²) >= 11 is 0. The Morgan fingerprint density at radius 2 is 2.36 bits per heavy atom. The predicted octanol–water partition coefficient (Wildman–Crippen LogP) is 1.81. The van der Waals surface area contributed by atoms with Gasteiger partial charge in [0.05, 0.1) is 6.61 Å². The van der Waals surface area contributed by atoms with Gasteiger partial charge >= 0.3 is 5.97 Å². The Bertz CT molecular complexity index is 183. The zero-order valence-corrected chi connectivity index (χ0v) is 6.47. The van der Waals surface area contributed by atoms with Crippen molar-refractivity contribution in [3.8, 4) is 0 Å². The molecule has 2 nitrogen and oxygen atoms in total. The molecule has 0 aromatic carbocycles. The van der Waals surface area contributed by atoms with Crippen LogP contribution in [0.1, 0.15) is 19.8 Å².